The Kier molecular flexibility index (Phi) is 6.13. The maximum absolute atomic E-state index is 12.8. The SMILES string of the molecule is CCOc1ccc(/C=c2/sc3nc(/C=C/c4ccc(C)cc4)nn3c2=O)cc1OCC. The van der Waals surface area contributed by atoms with Crippen LogP contribution in [0.5, 0.6) is 11.5 Å². The summed E-state index contributed by atoms with van der Waals surface area (Å²) in [4.78, 5) is 17.8. The summed E-state index contributed by atoms with van der Waals surface area (Å²) in [5, 5.41) is 4.34. The van der Waals surface area contributed by atoms with Crippen LogP contribution in [0.4, 0.5) is 0 Å². The standard InChI is InChI=1S/C24H23N3O3S/c1-4-29-19-12-10-18(14-20(19)30-5-2)15-21-23(28)27-24(31-21)25-22(26-27)13-11-17-8-6-16(3)7-9-17/h6-15H,4-5H2,1-3H3/b13-11+,21-15+. The maximum Gasteiger partial charge on any atom is 0.291 e. The van der Waals surface area contributed by atoms with Crippen molar-refractivity contribution in [3.63, 3.8) is 0 Å². The smallest absolute Gasteiger partial charge is 0.291 e. The Bertz CT molecular complexity index is 1340. The maximum atomic E-state index is 12.8. The van der Waals surface area contributed by atoms with Crippen LogP contribution in [0.15, 0.2) is 47.3 Å². The van der Waals surface area contributed by atoms with Gasteiger partial charge in [-0.15, -0.1) is 5.10 Å². The summed E-state index contributed by atoms with van der Waals surface area (Å²) < 4.78 is 13.2. The van der Waals surface area contributed by atoms with Gasteiger partial charge in [0.25, 0.3) is 5.56 Å². The van der Waals surface area contributed by atoms with Crippen LogP contribution in [0.1, 0.15) is 36.4 Å². The molecule has 0 amide bonds. The molecule has 0 spiro atoms. The Hall–Kier alpha value is -3.45. The van der Waals surface area contributed by atoms with Gasteiger partial charge in [-0.25, -0.2) is 0 Å². The molecule has 0 aliphatic carbocycles. The molecule has 2 heterocycles. The van der Waals surface area contributed by atoms with E-state index >= 15 is 0 Å². The van der Waals surface area contributed by atoms with Gasteiger partial charge in [0.15, 0.2) is 17.3 Å². The predicted molar refractivity (Wildman–Crippen MR) is 125 cm³/mol. The summed E-state index contributed by atoms with van der Waals surface area (Å²) in [6.07, 6.45) is 5.57. The van der Waals surface area contributed by atoms with Crippen molar-refractivity contribution in [3.8, 4) is 11.5 Å². The Morgan fingerprint density at radius 3 is 2.39 bits per heavy atom. The van der Waals surface area contributed by atoms with Crippen LogP contribution in [-0.4, -0.2) is 27.8 Å². The topological polar surface area (TPSA) is 65.7 Å². The molecule has 7 heteroatoms. The fourth-order valence-corrected chi connectivity index (χ4v) is 3.99. The summed E-state index contributed by atoms with van der Waals surface area (Å²) >= 11 is 1.31. The number of benzene rings is 2. The second-order valence-corrected chi connectivity index (χ2v) is 7.91. The van der Waals surface area contributed by atoms with Crippen molar-refractivity contribution in [1.29, 1.82) is 0 Å². The molecular formula is C24H23N3O3S. The van der Waals surface area contributed by atoms with E-state index in [1.807, 2.05) is 69.3 Å². The average molecular weight is 434 g/mol. The molecule has 0 radical (unpaired) electrons. The van der Waals surface area contributed by atoms with Crippen LogP contribution in [0.2, 0.25) is 0 Å². The van der Waals surface area contributed by atoms with Gasteiger partial charge in [0.1, 0.15) is 0 Å². The van der Waals surface area contributed by atoms with E-state index in [2.05, 4.69) is 22.2 Å². The van der Waals surface area contributed by atoms with Gasteiger partial charge >= 0.3 is 0 Å². The monoisotopic (exact) mass is 433 g/mol. The first-order valence-corrected chi connectivity index (χ1v) is 10.9. The predicted octanol–water partition coefficient (Wildman–Crippen LogP) is 3.97. The first kappa shape index (κ1) is 20.8. The van der Waals surface area contributed by atoms with Crippen molar-refractivity contribution in [2.24, 2.45) is 0 Å². The summed E-state index contributed by atoms with van der Waals surface area (Å²) in [7, 11) is 0. The van der Waals surface area contributed by atoms with Crippen LogP contribution in [-0.2, 0) is 0 Å². The summed E-state index contributed by atoms with van der Waals surface area (Å²) in [5.41, 5.74) is 2.93. The lowest BCUT2D eigenvalue weighted by Gasteiger charge is -2.11. The van der Waals surface area contributed by atoms with Gasteiger partial charge in [0, 0.05) is 0 Å². The lowest BCUT2D eigenvalue weighted by Crippen LogP contribution is -2.23. The zero-order chi connectivity index (χ0) is 21.8. The first-order valence-electron chi connectivity index (χ1n) is 10.1. The minimum absolute atomic E-state index is 0.186. The van der Waals surface area contributed by atoms with Crippen molar-refractivity contribution in [1.82, 2.24) is 14.6 Å². The third kappa shape index (κ3) is 4.67. The number of hydrogen-bond acceptors (Lipinski definition) is 6. The van der Waals surface area contributed by atoms with Gasteiger partial charge in [-0.2, -0.15) is 9.50 Å². The highest BCUT2D eigenvalue weighted by Crippen LogP contribution is 2.28. The van der Waals surface area contributed by atoms with Crippen LogP contribution in [0, 0.1) is 6.92 Å². The molecule has 0 unspecified atom stereocenters. The molecule has 0 bridgehead atoms. The van der Waals surface area contributed by atoms with Gasteiger partial charge in [-0.3, -0.25) is 4.79 Å². The van der Waals surface area contributed by atoms with Crippen LogP contribution < -0.4 is 19.6 Å². The van der Waals surface area contributed by atoms with Gasteiger partial charge in [-0.05, 0) is 56.2 Å². The fourth-order valence-electron chi connectivity index (χ4n) is 3.08. The number of nitrogens with zero attached hydrogens (tertiary/aromatic N) is 3. The quantitative estimate of drug-likeness (QED) is 0.441. The van der Waals surface area contributed by atoms with Gasteiger partial charge in [0.05, 0.1) is 17.7 Å². The Morgan fingerprint density at radius 2 is 1.68 bits per heavy atom. The minimum atomic E-state index is -0.186. The van der Waals surface area contributed by atoms with Crippen molar-refractivity contribution in [2.45, 2.75) is 20.8 Å². The molecule has 158 valence electrons. The molecule has 2 aromatic heterocycles. The number of aryl methyl sites for hydroxylation is 1. The molecule has 2 aromatic carbocycles. The van der Waals surface area contributed by atoms with E-state index in [9.17, 15) is 4.79 Å². The summed E-state index contributed by atoms with van der Waals surface area (Å²) in [5.74, 6) is 1.86. The van der Waals surface area contributed by atoms with Crippen LogP contribution in [0.3, 0.4) is 0 Å². The Labute approximate surface area is 184 Å². The average Bonchev–Trinajstić information content (AvgIpc) is 3.29. The number of ether oxygens (including phenoxy) is 2. The van der Waals surface area contributed by atoms with Gasteiger partial charge in [-0.1, -0.05) is 53.3 Å². The van der Waals surface area contributed by atoms with Crippen molar-refractivity contribution in [2.75, 3.05) is 13.2 Å². The summed E-state index contributed by atoms with van der Waals surface area (Å²) in [6.45, 7) is 6.99. The molecule has 0 saturated heterocycles. The van der Waals surface area contributed by atoms with Crippen molar-refractivity contribution in [3.05, 3.63) is 79.9 Å². The lowest BCUT2D eigenvalue weighted by molar-refractivity contribution is 0.287. The molecule has 4 aromatic rings. The second kappa shape index (κ2) is 9.14. The Balaban J connectivity index is 1.63. The molecule has 0 N–H and O–H groups in total. The normalized spacial score (nSPS) is 12.2. The van der Waals surface area contributed by atoms with Crippen molar-refractivity contribution < 1.29 is 9.47 Å². The highest BCUT2D eigenvalue weighted by atomic mass is 32.1. The third-order valence-corrected chi connectivity index (χ3v) is 5.52. The van der Waals surface area contributed by atoms with Crippen LogP contribution in [0.25, 0.3) is 23.2 Å². The fraction of sp³-hybridized carbons (Fsp3) is 0.208. The summed E-state index contributed by atoms with van der Waals surface area (Å²) in [6, 6.07) is 13.8. The van der Waals surface area contributed by atoms with E-state index < -0.39 is 0 Å². The van der Waals surface area contributed by atoms with E-state index in [0.717, 1.165) is 11.1 Å². The molecule has 31 heavy (non-hydrogen) atoms. The Morgan fingerprint density at radius 1 is 0.968 bits per heavy atom. The van der Waals surface area contributed by atoms with E-state index in [0.29, 0.717) is 40.0 Å². The third-order valence-electron chi connectivity index (χ3n) is 4.57. The van der Waals surface area contributed by atoms with Gasteiger partial charge < -0.3 is 9.47 Å². The minimum Gasteiger partial charge on any atom is -0.490 e. The number of thiazole rings is 1. The highest BCUT2D eigenvalue weighted by molar-refractivity contribution is 7.15. The molecule has 0 fully saturated rings. The molecule has 6 nitrogen and oxygen atoms in total. The highest BCUT2D eigenvalue weighted by Gasteiger charge is 2.10. The van der Waals surface area contributed by atoms with Crippen LogP contribution >= 0.6 is 11.3 Å². The molecule has 0 saturated carbocycles. The second-order valence-electron chi connectivity index (χ2n) is 6.90. The molecule has 0 atom stereocenters. The number of rotatable bonds is 7. The van der Waals surface area contributed by atoms with Gasteiger partial charge in [0.2, 0.25) is 4.96 Å². The first-order chi connectivity index (χ1) is 15.1. The number of aromatic nitrogens is 3. The van der Waals surface area contributed by atoms with E-state index in [1.165, 1.54) is 21.4 Å². The van der Waals surface area contributed by atoms with E-state index in [-0.39, 0.29) is 5.56 Å². The number of hydrogen-bond donors (Lipinski definition) is 0. The zero-order valence-electron chi connectivity index (χ0n) is 17.7. The zero-order valence-corrected chi connectivity index (χ0v) is 18.5. The van der Waals surface area contributed by atoms with Crippen molar-refractivity contribution >= 4 is 34.5 Å². The molecule has 4 rings (SSSR count). The molecule has 0 aliphatic rings. The van der Waals surface area contributed by atoms with E-state index in [4.69, 9.17) is 9.47 Å². The lowest BCUT2D eigenvalue weighted by atomic mass is 10.1. The molecule has 0 aliphatic heterocycles. The number of fused-ring (bicyclic) bond motifs is 1. The van der Waals surface area contributed by atoms with E-state index in [1.54, 1.807) is 0 Å². The molecular weight excluding hydrogens is 410 g/mol. The largest absolute Gasteiger partial charge is 0.490 e.